The third-order valence-electron chi connectivity index (χ3n) is 3.68. The highest BCUT2D eigenvalue weighted by Gasteiger charge is 2.39. The van der Waals surface area contributed by atoms with Gasteiger partial charge in [0.1, 0.15) is 0 Å². The summed E-state index contributed by atoms with van der Waals surface area (Å²) in [5.74, 6) is 0.991. The summed E-state index contributed by atoms with van der Waals surface area (Å²) in [5.41, 5.74) is 0.542. The molecule has 0 aromatic carbocycles. The van der Waals surface area contributed by atoms with Gasteiger partial charge in [0.2, 0.25) is 0 Å². The molecule has 0 aromatic heterocycles. The number of hydrogen-bond acceptors (Lipinski definition) is 1. The summed E-state index contributed by atoms with van der Waals surface area (Å²) in [4.78, 5) is 0. The van der Waals surface area contributed by atoms with Crippen molar-refractivity contribution in [2.45, 2.75) is 51.0 Å². The van der Waals surface area contributed by atoms with Crippen molar-refractivity contribution in [3.8, 4) is 0 Å². The van der Waals surface area contributed by atoms with Crippen LogP contribution in [0.2, 0.25) is 0 Å². The first-order chi connectivity index (χ1) is 5.31. The monoisotopic (exact) mass is 189 g/mol. The van der Waals surface area contributed by atoms with Crippen molar-refractivity contribution in [3.05, 3.63) is 0 Å². The van der Waals surface area contributed by atoms with Crippen LogP contribution in [-0.4, -0.2) is 12.1 Å². The van der Waals surface area contributed by atoms with Crippen molar-refractivity contribution < 1.29 is 0 Å². The zero-order valence-electron chi connectivity index (χ0n) is 7.94. The second-order valence-corrected chi connectivity index (χ2v) is 4.43. The van der Waals surface area contributed by atoms with Crippen molar-refractivity contribution in [3.63, 3.8) is 0 Å². The Kier molecular flexibility index (Phi) is 3.42. The Balaban J connectivity index is 0.000000720. The van der Waals surface area contributed by atoms with E-state index < -0.39 is 0 Å². The van der Waals surface area contributed by atoms with Gasteiger partial charge in [-0.05, 0) is 38.6 Å². The van der Waals surface area contributed by atoms with E-state index in [0.29, 0.717) is 5.54 Å². The van der Waals surface area contributed by atoms with Gasteiger partial charge in [-0.2, -0.15) is 0 Å². The van der Waals surface area contributed by atoms with E-state index in [1.807, 2.05) is 0 Å². The average Bonchev–Trinajstić information content (AvgIpc) is 2.02. The Bertz CT molecular complexity index is 137. The fourth-order valence-corrected chi connectivity index (χ4v) is 2.61. The van der Waals surface area contributed by atoms with Crippen LogP contribution in [0.15, 0.2) is 0 Å². The Morgan fingerprint density at radius 3 is 2.17 bits per heavy atom. The van der Waals surface area contributed by atoms with Crippen LogP contribution in [0.5, 0.6) is 0 Å². The van der Waals surface area contributed by atoms with Gasteiger partial charge in [0.05, 0.1) is 0 Å². The molecule has 2 heteroatoms. The van der Waals surface area contributed by atoms with Gasteiger partial charge in [0.15, 0.2) is 0 Å². The molecule has 1 unspecified atom stereocenters. The lowest BCUT2D eigenvalue weighted by Crippen LogP contribution is -2.59. The Labute approximate surface area is 81.7 Å². The standard InChI is InChI=1S/C10H19N.ClH/c1-10(7-8-11-10)9-5-3-2-4-6-9;/h9,11H,2-8H2,1H3;1H. The van der Waals surface area contributed by atoms with Gasteiger partial charge in [-0.15, -0.1) is 12.4 Å². The lowest BCUT2D eigenvalue weighted by Gasteiger charge is -2.48. The molecule has 12 heavy (non-hydrogen) atoms. The molecular formula is C10H20ClN. The van der Waals surface area contributed by atoms with Gasteiger partial charge in [0.25, 0.3) is 0 Å². The van der Waals surface area contributed by atoms with Crippen LogP contribution >= 0.6 is 12.4 Å². The van der Waals surface area contributed by atoms with E-state index in [0.717, 1.165) is 5.92 Å². The normalized spacial score (nSPS) is 36.8. The van der Waals surface area contributed by atoms with Crippen molar-refractivity contribution in [1.82, 2.24) is 5.32 Å². The Morgan fingerprint density at radius 1 is 1.17 bits per heavy atom. The second kappa shape index (κ2) is 3.97. The maximum Gasteiger partial charge on any atom is 0.0193 e. The van der Waals surface area contributed by atoms with Crippen molar-refractivity contribution in [2.75, 3.05) is 6.54 Å². The molecule has 2 aliphatic rings. The molecule has 2 fully saturated rings. The second-order valence-electron chi connectivity index (χ2n) is 4.43. The highest BCUT2D eigenvalue weighted by molar-refractivity contribution is 5.85. The van der Waals surface area contributed by atoms with Crippen LogP contribution in [0.4, 0.5) is 0 Å². The summed E-state index contributed by atoms with van der Waals surface area (Å²) in [6.45, 7) is 3.67. The van der Waals surface area contributed by atoms with Crippen LogP contribution in [0.3, 0.4) is 0 Å². The summed E-state index contributed by atoms with van der Waals surface area (Å²) < 4.78 is 0. The fourth-order valence-electron chi connectivity index (χ4n) is 2.61. The molecular weight excluding hydrogens is 170 g/mol. The van der Waals surface area contributed by atoms with Gasteiger partial charge in [-0.3, -0.25) is 0 Å². The van der Waals surface area contributed by atoms with Crippen molar-refractivity contribution in [2.24, 2.45) is 5.92 Å². The van der Waals surface area contributed by atoms with E-state index in [4.69, 9.17) is 0 Å². The molecule has 72 valence electrons. The van der Waals surface area contributed by atoms with E-state index in [9.17, 15) is 0 Å². The molecule has 1 saturated heterocycles. The summed E-state index contributed by atoms with van der Waals surface area (Å²) in [5, 5.41) is 3.59. The number of halogens is 1. The van der Waals surface area contributed by atoms with Gasteiger partial charge < -0.3 is 5.32 Å². The first kappa shape index (κ1) is 10.3. The van der Waals surface area contributed by atoms with Crippen LogP contribution in [0.25, 0.3) is 0 Å². The van der Waals surface area contributed by atoms with E-state index >= 15 is 0 Å². The fraction of sp³-hybridized carbons (Fsp3) is 1.00. The SMILES string of the molecule is CC1(C2CCCCC2)CCN1.Cl. The zero-order chi connectivity index (χ0) is 7.73. The summed E-state index contributed by atoms with van der Waals surface area (Å²) >= 11 is 0. The Hall–Kier alpha value is 0.250. The third kappa shape index (κ3) is 1.77. The van der Waals surface area contributed by atoms with Gasteiger partial charge in [0, 0.05) is 5.54 Å². The van der Waals surface area contributed by atoms with E-state index in [1.165, 1.54) is 45.1 Å². The summed E-state index contributed by atoms with van der Waals surface area (Å²) in [6.07, 6.45) is 8.79. The largest absolute Gasteiger partial charge is 0.311 e. The van der Waals surface area contributed by atoms with Gasteiger partial charge in [-0.1, -0.05) is 19.3 Å². The first-order valence-corrected chi connectivity index (χ1v) is 5.06. The van der Waals surface area contributed by atoms with Gasteiger partial charge >= 0.3 is 0 Å². The highest BCUT2D eigenvalue weighted by Crippen LogP contribution is 2.37. The highest BCUT2D eigenvalue weighted by atomic mass is 35.5. The first-order valence-electron chi connectivity index (χ1n) is 5.06. The molecule has 0 aromatic rings. The molecule has 0 amide bonds. The smallest absolute Gasteiger partial charge is 0.0193 e. The van der Waals surface area contributed by atoms with E-state index in [-0.39, 0.29) is 12.4 Å². The molecule has 1 saturated carbocycles. The zero-order valence-corrected chi connectivity index (χ0v) is 8.75. The quantitative estimate of drug-likeness (QED) is 0.669. The molecule has 1 N–H and O–H groups in total. The molecule has 1 aliphatic heterocycles. The third-order valence-corrected chi connectivity index (χ3v) is 3.68. The molecule has 0 bridgehead atoms. The van der Waals surface area contributed by atoms with Crippen molar-refractivity contribution in [1.29, 1.82) is 0 Å². The molecule has 0 radical (unpaired) electrons. The average molecular weight is 190 g/mol. The molecule has 1 aliphatic carbocycles. The molecule has 1 atom stereocenters. The Morgan fingerprint density at radius 2 is 1.75 bits per heavy atom. The minimum atomic E-state index is 0. The minimum Gasteiger partial charge on any atom is -0.311 e. The maximum absolute atomic E-state index is 3.59. The molecule has 1 heterocycles. The lowest BCUT2D eigenvalue weighted by atomic mass is 9.71. The van der Waals surface area contributed by atoms with Crippen LogP contribution in [0.1, 0.15) is 45.4 Å². The maximum atomic E-state index is 3.59. The lowest BCUT2D eigenvalue weighted by molar-refractivity contribution is 0.108. The van der Waals surface area contributed by atoms with E-state index in [1.54, 1.807) is 0 Å². The minimum absolute atomic E-state index is 0. The number of rotatable bonds is 1. The predicted octanol–water partition coefficient (Wildman–Crippen LogP) is 2.74. The molecule has 2 rings (SSSR count). The summed E-state index contributed by atoms with van der Waals surface area (Å²) in [6, 6.07) is 0. The number of hydrogen-bond donors (Lipinski definition) is 1. The van der Waals surface area contributed by atoms with Gasteiger partial charge in [-0.25, -0.2) is 0 Å². The molecule has 0 spiro atoms. The topological polar surface area (TPSA) is 12.0 Å². The van der Waals surface area contributed by atoms with Crippen molar-refractivity contribution >= 4 is 12.4 Å². The van der Waals surface area contributed by atoms with Crippen LogP contribution in [-0.2, 0) is 0 Å². The summed E-state index contributed by atoms with van der Waals surface area (Å²) in [7, 11) is 0. The molecule has 1 nitrogen and oxygen atoms in total. The van der Waals surface area contributed by atoms with Crippen LogP contribution < -0.4 is 5.32 Å². The predicted molar refractivity (Wildman–Crippen MR) is 54.8 cm³/mol. The number of nitrogens with one attached hydrogen (secondary N) is 1. The van der Waals surface area contributed by atoms with Crippen LogP contribution in [0, 0.1) is 5.92 Å². The van der Waals surface area contributed by atoms with E-state index in [2.05, 4.69) is 12.2 Å².